The summed E-state index contributed by atoms with van der Waals surface area (Å²) in [5.41, 5.74) is -2.19. The molecule has 0 saturated heterocycles. The van der Waals surface area contributed by atoms with Gasteiger partial charge in [0.15, 0.2) is 11.6 Å². The maximum absolute atomic E-state index is 13.5. The third kappa shape index (κ3) is 2.66. The highest BCUT2D eigenvalue weighted by atomic mass is 19.4. The van der Waals surface area contributed by atoms with Gasteiger partial charge in [0, 0.05) is 0 Å². The van der Waals surface area contributed by atoms with Crippen molar-refractivity contribution in [3.63, 3.8) is 0 Å². The molecule has 1 aromatic carbocycles. The molecule has 0 aliphatic heterocycles. The summed E-state index contributed by atoms with van der Waals surface area (Å²) in [6, 6.07) is 1.04. The van der Waals surface area contributed by atoms with Gasteiger partial charge < -0.3 is 9.84 Å². The van der Waals surface area contributed by atoms with Crippen LogP contribution in [0.15, 0.2) is 12.1 Å². The van der Waals surface area contributed by atoms with Gasteiger partial charge in [-0.15, -0.1) is 0 Å². The lowest BCUT2D eigenvalue weighted by atomic mass is 10.1. The molecular formula is C10H8F4O3. The predicted octanol–water partition coefficient (Wildman–Crippen LogP) is 2.94. The van der Waals surface area contributed by atoms with Gasteiger partial charge in [0.1, 0.15) is 5.56 Å². The van der Waals surface area contributed by atoms with Gasteiger partial charge in [-0.1, -0.05) is 0 Å². The lowest BCUT2D eigenvalue weighted by Gasteiger charge is -2.14. The maximum atomic E-state index is 13.5. The fourth-order valence-electron chi connectivity index (χ4n) is 1.23. The minimum Gasteiger partial charge on any atom is -0.490 e. The monoisotopic (exact) mass is 252 g/mol. The van der Waals surface area contributed by atoms with Gasteiger partial charge >= 0.3 is 12.1 Å². The number of hydrogen-bond acceptors (Lipinski definition) is 2. The second kappa shape index (κ2) is 4.60. The Hall–Kier alpha value is -1.79. The van der Waals surface area contributed by atoms with Crippen LogP contribution in [0.5, 0.6) is 5.75 Å². The quantitative estimate of drug-likeness (QED) is 0.841. The number of benzene rings is 1. The van der Waals surface area contributed by atoms with Crippen LogP contribution in [0.25, 0.3) is 0 Å². The molecule has 0 spiro atoms. The van der Waals surface area contributed by atoms with Crippen LogP contribution in [-0.4, -0.2) is 17.7 Å². The first-order valence-corrected chi connectivity index (χ1v) is 4.54. The molecular weight excluding hydrogens is 244 g/mol. The van der Waals surface area contributed by atoms with Crippen molar-refractivity contribution >= 4 is 5.97 Å². The number of ether oxygens (including phenoxy) is 1. The van der Waals surface area contributed by atoms with Crippen LogP contribution in [0, 0.1) is 5.82 Å². The number of carbonyl (C=O) groups is 1. The number of alkyl halides is 3. The van der Waals surface area contributed by atoms with Crippen molar-refractivity contribution in [2.75, 3.05) is 6.61 Å². The molecule has 0 amide bonds. The summed E-state index contributed by atoms with van der Waals surface area (Å²) in [6.07, 6.45) is -4.80. The predicted molar refractivity (Wildman–Crippen MR) is 49.5 cm³/mol. The van der Waals surface area contributed by atoms with E-state index in [9.17, 15) is 22.4 Å². The fraction of sp³-hybridized carbons (Fsp3) is 0.300. The minimum atomic E-state index is -4.80. The molecule has 0 aliphatic rings. The zero-order valence-corrected chi connectivity index (χ0v) is 8.64. The van der Waals surface area contributed by atoms with Gasteiger partial charge in [0.25, 0.3) is 0 Å². The SMILES string of the molecule is CCOc1c(C(F)(F)F)ccc(C(=O)O)c1F. The molecule has 0 saturated carbocycles. The first kappa shape index (κ1) is 13.3. The van der Waals surface area contributed by atoms with Crippen LogP contribution in [0.1, 0.15) is 22.8 Å². The van der Waals surface area contributed by atoms with Gasteiger partial charge in [-0.25, -0.2) is 9.18 Å². The molecule has 7 heteroatoms. The zero-order chi connectivity index (χ0) is 13.2. The molecule has 0 radical (unpaired) electrons. The number of carboxylic acids is 1. The smallest absolute Gasteiger partial charge is 0.420 e. The van der Waals surface area contributed by atoms with Crippen molar-refractivity contribution in [2.24, 2.45) is 0 Å². The Kier molecular flexibility index (Phi) is 3.59. The van der Waals surface area contributed by atoms with E-state index >= 15 is 0 Å². The van der Waals surface area contributed by atoms with Gasteiger partial charge in [-0.05, 0) is 19.1 Å². The maximum Gasteiger partial charge on any atom is 0.420 e. The first-order valence-electron chi connectivity index (χ1n) is 4.54. The Balaban J connectivity index is 3.45. The standard InChI is InChI=1S/C10H8F4O3/c1-2-17-8-6(10(12,13)14)4-3-5(7(8)11)9(15)16/h3-4H,2H2,1H3,(H,15,16). The molecule has 0 heterocycles. The highest BCUT2D eigenvalue weighted by Crippen LogP contribution is 2.38. The molecule has 0 aliphatic carbocycles. The van der Waals surface area contributed by atoms with Crippen LogP contribution in [-0.2, 0) is 6.18 Å². The average molecular weight is 252 g/mol. The van der Waals surface area contributed by atoms with Crippen LogP contribution >= 0.6 is 0 Å². The largest absolute Gasteiger partial charge is 0.490 e. The second-order valence-electron chi connectivity index (χ2n) is 3.04. The van der Waals surface area contributed by atoms with Crippen molar-refractivity contribution in [3.05, 3.63) is 29.1 Å². The Morgan fingerprint density at radius 2 is 2.00 bits per heavy atom. The van der Waals surface area contributed by atoms with Gasteiger partial charge in [-0.3, -0.25) is 0 Å². The molecule has 0 aromatic heterocycles. The van der Waals surface area contributed by atoms with Crippen LogP contribution < -0.4 is 4.74 Å². The molecule has 0 bridgehead atoms. The fourth-order valence-corrected chi connectivity index (χ4v) is 1.23. The van der Waals surface area contributed by atoms with E-state index in [-0.39, 0.29) is 6.61 Å². The molecule has 0 fully saturated rings. The van der Waals surface area contributed by atoms with Crippen molar-refractivity contribution in [1.82, 2.24) is 0 Å². The number of hydrogen-bond donors (Lipinski definition) is 1. The lowest BCUT2D eigenvalue weighted by molar-refractivity contribution is -0.139. The molecule has 1 aromatic rings. The van der Waals surface area contributed by atoms with E-state index in [4.69, 9.17) is 5.11 Å². The number of halogens is 4. The minimum absolute atomic E-state index is 0.205. The molecule has 0 atom stereocenters. The van der Waals surface area contributed by atoms with Gasteiger partial charge in [0.05, 0.1) is 12.2 Å². The highest BCUT2D eigenvalue weighted by Gasteiger charge is 2.37. The second-order valence-corrected chi connectivity index (χ2v) is 3.04. The van der Waals surface area contributed by atoms with Gasteiger partial charge in [0.2, 0.25) is 0 Å². The van der Waals surface area contributed by atoms with Crippen LogP contribution in [0.2, 0.25) is 0 Å². The molecule has 1 rings (SSSR count). The Bertz CT molecular complexity index is 440. The van der Waals surface area contributed by atoms with Gasteiger partial charge in [-0.2, -0.15) is 13.2 Å². The summed E-state index contributed by atoms with van der Waals surface area (Å²) in [5.74, 6) is -4.26. The lowest BCUT2D eigenvalue weighted by Crippen LogP contribution is -2.13. The number of rotatable bonds is 3. The molecule has 3 nitrogen and oxygen atoms in total. The van der Waals surface area contributed by atoms with E-state index in [2.05, 4.69) is 4.74 Å². The first-order chi connectivity index (χ1) is 7.79. The molecule has 17 heavy (non-hydrogen) atoms. The molecule has 94 valence electrons. The third-order valence-electron chi connectivity index (χ3n) is 1.92. The van der Waals surface area contributed by atoms with Crippen LogP contribution in [0.3, 0.4) is 0 Å². The Morgan fingerprint density at radius 3 is 2.41 bits per heavy atom. The highest BCUT2D eigenvalue weighted by molar-refractivity contribution is 5.88. The van der Waals surface area contributed by atoms with E-state index in [1.165, 1.54) is 6.92 Å². The Labute approximate surface area is 93.6 Å². The normalized spacial score (nSPS) is 11.4. The number of carboxylic acid groups (broad SMARTS) is 1. The molecule has 1 N–H and O–H groups in total. The summed E-state index contributed by atoms with van der Waals surface area (Å²) < 4.78 is 55.5. The summed E-state index contributed by atoms with van der Waals surface area (Å²) in [4.78, 5) is 10.6. The summed E-state index contributed by atoms with van der Waals surface area (Å²) in [5, 5.41) is 8.58. The van der Waals surface area contributed by atoms with Crippen molar-refractivity contribution in [3.8, 4) is 5.75 Å². The topological polar surface area (TPSA) is 46.5 Å². The van der Waals surface area contributed by atoms with E-state index in [0.29, 0.717) is 12.1 Å². The average Bonchev–Trinajstić information content (AvgIpc) is 2.18. The summed E-state index contributed by atoms with van der Waals surface area (Å²) >= 11 is 0. The molecule has 0 unspecified atom stereocenters. The van der Waals surface area contributed by atoms with Crippen molar-refractivity contribution in [1.29, 1.82) is 0 Å². The number of aromatic carboxylic acids is 1. The summed E-state index contributed by atoms with van der Waals surface area (Å²) in [7, 11) is 0. The van der Waals surface area contributed by atoms with Crippen molar-refractivity contribution in [2.45, 2.75) is 13.1 Å². The third-order valence-corrected chi connectivity index (χ3v) is 1.92. The van der Waals surface area contributed by atoms with E-state index in [1.54, 1.807) is 0 Å². The van der Waals surface area contributed by atoms with E-state index in [1.807, 2.05) is 0 Å². The Morgan fingerprint density at radius 1 is 1.41 bits per heavy atom. The van der Waals surface area contributed by atoms with E-state index in [0.717, 1.165) is 0 Å². The summed E-state index contributed by atoms with van der Waals surface area (Å²) in [6.45, 7) is 1.16. The zero-order valence-electron chi connectivity index (χ0n) is 8.64. The van der Waals surface area contributed by atoms with Crippen molar-refractivity contribution < 1.29 is 32.2 Å². The van der Waals surface area contributed by atoms with Crippen LogP contribution in [0.4, 0.5) is 17.6 Å². The van der Waals surface area contributed by atoms with E-state index < -0.39 is 34.8 Å².